The summed E-state index contributed by atoms with van der Waals surface area (Å²) in [5, 5.41) is -0.783. The third kappa shape index (κ3) is 2.47. The predicted molar refractivity (Wildman–Crippen MR) is 69.7 cm³/mol. The van der Waals surface area contributed by atoms with Crippen LogP contribution in [0.5, 0.6) is 0 Å². The van der Waals surface area contributed by atoms with Crippen LogP contribution in [-0.2, 0) is 33.2 Å². The lowest BCUT2D eigenvalue weighted by Crippen LogP contribution is -2.34. The van der Waals surface area contributed by atoms with Gasteiger partial charge < -0.3 is 10.5 Å². The lowest BCUT2D eigenvalue weighted by molar-refractivity contribution is -0.139. The van der Waals surface area contributed by atoms with Gasteiger partial charge in [-0.15, -0.1) is 0 Å². The van der Waals surface area contributed by atoms with Gasteiger partial charge in [0.25, 0.3) is 0 Å². The van der Waals surface area contributed by atoms with Crippen molar-refractivity contribution in [2.75, 3.05) is 13.7 Å². The highest BCUT2D eigenvalue weighted by Crippen LogP contribution is 2.25. The first-order chi connectivity index (χ1) is 8.67. The molecule has 0 spiro atoms. The number of nitrogens with two attached hydrogens (primary N) is 1. The van der Waals surface area contributed by atoms with Gasteiger partial charge in [-0.05, 0) is 42.5 Å². The summed E-state index contributed by atoms with van der Waals surface area (Å²) in [6.07, 6.45) is 3.24. The summed E-state index contributed by atoms with van der Waals surface area (Å²) in [7, 11) is -0.160. The zero-order valence-electron chi connectivity index (χ0n) is 10.3. The Morgan fingerprint density at radius 1 is 1.44 bits per heavy atom. The molecule has 5 heteroatoms. The van der Waals surface area contributed by atoms with Crippen LogP contribution >= 0.6 is 0 Å². The van der Waals surface area contributed by atoms with E-state index in [-0.39, 0.29) is 6.54 Å². The number of aryl methyl sites for hydroxylation is 2. The molecule has 2 unspecified atom stereocenters. The summed E-state index contributed by atoms with van der Waals surface area (Å²) < 4.78 is 16.9. The second-order valence-corrected chi connectivity index (χ2v) is 5.96. The van der Waals surface area contributed by atoms with E-state index in [4.69, 9.17) is 5.73 Å². The Morgan fingerprint density at radius 2 is 2.17 bits per heavy atom. The van der Waals surface area contributed by atoms with Crippen molar-refractivity contribution in [1.29, 1.82) is 0 Å². The average Bonchev–Trinajstić information content (AvgIpc) is 2.86. The Bertz CT molecular complexity index is 487. The number of rotatable bonds is 4. The summed E-state index contributed by atoms with van der Waals surface area (Å²) in [5.74, 6) is -0.517. The van der Waals surface area contributed by atoms with E-state index < -0.39 is 22.0 Å². The van der Waals surface area contributed by atoms with E-state index in [0.29, 0.717) is 4.90 Å². The molecule has 0 fully saturated rings. The van der Waals surface area contributed by atoms with E-state index in [1.54, 1.807) is 0 Å². The second-order valence-electron chi connectivity index (χ2n) is 4.33. The largest absolute Gasteiger partial charge is 0.468 e. The molecule has 0 bridgehead atoms. The quantitative estimate of drug-likeness (QED) is 0.819. The molecule has 0 radical (unpaired) electrons. The normalized spacial score (nSPS) is 17.0. The summed E-state index contributed by atoms with van der Waals surface area (Å²) in [5.41, 5.74) is 8.06. The van der Waals surface area contributed by atoms with Crippen LogP contribution in [-0.4, -0.2) is 29.1 Å². The smallest absolute Gasteiger partial charge is 0.323 e. The van der Waals surface area contributed by atoms with Crippen LogP contribution in [0.3, 0.4) is 0 Å². The summed E-state index contributed by atoms with van der Waals surface area (Å²) >= 11 is 0. The molecule has 2 rings (SSSR count). The highest BCUT2D eigenvalue weighted by Gasteiger charge is 2.26. The Labute approximate surface area is 109 Å². The third-order valence-electron chi connectivity index (χ3n) is 3.24. The molecule has 0 saturated heterocycles. The van der Waals surface area contributed by atoms with E-state index in [1.165, 1.54) is 18.2 Å². The zero-order valence-corrected chi connectivity index (χ0v) is 11.2. The molecule has 1 aromatic carbocycles. The molecule has 0 amide bonds. The van der Waals surface area contributed by atoms with Crippen molar-refractivity contribution in [3.05, 3.63) is 29.3 Å². The number of hydrogen-bond acceptors (Lipinski definition) is 4. The molecule has 0 aliphatic heterocycles. The maximum absolute atomic E-state index is 12.3. The third-order valence-corrected chi connectivity index (χ3v) is 4.86. The SMILES string of the molecule is COC(=O)C(CN)S(=O)c1ccc2c(c1)CCC2. The van der Waals surface area contributed by atoms with Crippen LogP contribution < -0.4 is 5.73 Å². The van der Waals surface area contributed by atoms with Crippen LogP contribution in [0, 0.1) is 0 Å². The summed E-state index contributed by atoms with van der Waals surface area (Å²) in [6.45, 7) is 0.0242. The molecular formula is C13H17NO3S. The highest BCUT2D eigenvalue weighted by atomic mass is 32.2. The Hall–Kier alpha value is -1.20. The number of benzene rings is 1. The van der Waals surface area contributed by atoms with Gasteiger partial charge in [0.1, 0.15) is 5.25 Å². The van der Waals surface area contributed by atoms with Crippen LogP contribution in [0.1, 0.15) is 17.5 Å². The van der Waals surface area contributed by atoms with E-state index in [0.717, 1.165) is 19.3 Å². The molecule has 0 aromatic heterocycles. The van der Waals surface area contributed by atoms with E-state index in [2.05, 4.69) is 4.74 Å². The van der Waals surface area contributed by atoms with E-state index >= 15 is 0 Å². The van der Waals surface area contributed by atoms with Crippen molar-refractivity contribution in [3.8, 4) is 0 Å². The van der Waals surface area contributed by atoms with Crippen molar-refractivity contribution >= 4 is 16.8 Å². The first-order valence-corrected chi connectivity index (χ1v) is 7.19. The van der Waals surface area contributed by atoms with Gasteiger partial charge in [-0.25, -0.2) is 0 Å². The van der Waals surface area contributed by atoms with Crippen molar-refractivity contribution in [1.82, 2.24) is 0 Å². The van der Waals surface area contributed by atoms with Gasteiger partial charge in [-0.2, -0.15) is 0 Å². The van der Waals surface area contributed by atoms with Crippen LogP contribution in [0.4, 0.5) is 0 Å². The average molecular weight is 267 g/mol. The maximum Gasteiger partial charge on any atom is 0.323 e. The van der Waals surface area contributed by atoms with Crippen molar-refractivity contribution in [2.24, 2.45) is 5.73 Å². The highest BCUT2D eigenvalue weighted by molar-refractivity contribution is 7.86. The Kier molecular flexibility index (Phi) is 4.14. The van der Waals surface area contributed by atoms with Gasteiger partial charge >= 0.3 is 5.97 Å². The minimum atomic E-state index is -1.44. The van der Waals surface area contributed by atoms with Crippen LogP contribution in [0.2, 0.25) is 0 Å². The number of hydrogen-bond donors (Lipinski definition) is 1. The number of carbonyl (C=O) groups is 1. The molecule has 1 aliphatic rings. The Morgan fingerprint density at radius 3 is 2.83 bits per heavy atom. The van der Waals surface area contributed by atoms with E-state index in [9.17, 15) is 9.00 Å². The first kappa shape index (κ1) is 13.2. The van der Waals surface area contributed by atoms with E-state index in [1.807, 2.05) is 18.2 Å². The number of esters is 1. The van der Waals surface area contributed by atoms with Gasteiger partial charge in [0.15, 0.2) is 0 Å². The van der Waals surface area contributed by atoms with Gasteiger partial charge in [0.05, 0.1) is 17.9 Å². The van der Waals surface area contributed by atoms with Crippen LogP contribution in [0.15, 0.2) is 23.1 Å². The number of ether oxygens (including phenoxy) is 1. The topological polar surface area (TPSA) is 69.4 Å². The molecule has 4 nitrogen and oxygen atoms in total. The molecule has 1 aliphatic carbocycles. The van der Waals surface area contributed by atoms with Gasteiger partial charge in [0.2, 0.25) is 0 Å². The van der Waals surface area contributed by atoms with Crippen molar-refractivity contribution in [2.45, 2.75) is 29.4 Å². The number of carbonyl (C=O) groups excluding carboxylic acids is 1. The number of methoxy groups -OCH3 is 1. The molecule has 2 atom stereocenters. The molecular weight excluding hydrogens is 250 g/mol. The molecule has 0 heterocycles. The number of fused-ring (bicyclic) bond motifs is 1. The first-order valence-electron chi connectivity index (χ1n) is 5.97. The van der Waals surface area contributed by atoms with Gasteiger partial charge in [0, 0.05) is 11.4 Å². The molecule has 18 heavy (non-hydrogen) atoms. The molecule has 1 aromatic rings. The van der Waals surface area contributed by atoms with Crippen molar-refractivity contribution in [3.63, 3.8) is 0 Å². The second kappa shape index (κ2) is 5.63. The monoisotopic (exact) mass is 267 g/mol. The molecule has 98 valence electrons. The fourth-order valence-electron chi connectivity index (χ4n) is 2.24. The Balaban J connectivity index is 2.25. The molecule has 0 saturated carbocycles. The fourth-order valence-corrected chi connectivity index (χ4v) is 3.47. The predicted octanol–water partition coefficient (Wildman–Crippen LogP) is 0.783. The van der Waals surface area contributed by atoms with Gasteiger partial charge in [-0.1, -0.05) is 6.07 Å². The zero-order chi connectivity index (χ0) is 13.1. The lowest BCUT2D eigenvalue weighted by Gasteiger charge is -2.13. The van der Waals surface area contributed by atoms with Crippen molar-refractivity contribution < 1.29 is 13.7 Å². The summed E-state index contributed by atoms with van der Waals surface area (Å²) in [6, 6.07) is 5.76. The molecule has 2 N–H and O–H groups in total. The minimum Gasteiger partial charge on any atom is -0.468 e. The lowest BCUT2D eigenvalue weighted by atomic mass is 10.1. The standard InChI is InChI=1S/C13H17NO3S/c1-17-13(15)12(8-14)18(16)11-6-5-9-3-2-4-10(9)7-11/h5-7,12H,2-4,8,14H2,1H3. The van der Waals surface area contributed by atoms with Gasteiger partial charge in [-0.3, -0.25) is 9.00 Å². The maximum atomic E-state index is 12.3. The summed E-state index contributed by atoms with van der Waals surface area (Å²) in [4.78, 5) is 12.2. The van der Waals surface area contributed by atoms with Crippen LogP contribution in [0.25, 0.3) is 0 Å². The fraction of sp³-hybridized carbons (Fsp3) is 0.462. The minimum absolute atomic E-state index is 0.0242.